The molecule has 1 saturated heterocycles. The lowest BCUT2D eigenvalue weighted by Gasteiger charge is -2.47. The fourth-order valence-corrected chi connectivity index (χ4v) is 5.24. The molecule has 7 nitrogen and oxygen atoms in total. The zero-order valence-electron chi connectivity index (χ0n) is 20.4. The second-order valence-electron chi connectivity index (χ2n) is 8.84. The fourth-order valence-electron chi connectivity index (χ4n) is 5.24. The van der Waals surface area contributed by atoms with Crippen LogP contribution in [-0.4, -0.2) is 60.4 Å². The van der Waals surface area contributed by atoms with Gasteiger partial charge >= 0.3 is 6.16 Å². The lowest BCUT2D eigenvalue weighted by molar-refractivity contribution is -0.166. The van der Waals surface area contributed by atoms with Crippen LogP contribution in [-0.2, 0) is 19.1 Å². The zero-order chi connectivity index (χ0) is 23.6. The van der Waals surface area contributed by atoms with Gasteiger partial charge < -0.3 is 19.2 Å². The Balaban J connectivity index is 2.26. The van der Waals surface area contributed by atoms with E-state index >= 15 is 0 Å². The molecule has 1 unspecified atom stereocenters. The molecule has 3 rings (SSSR count). The van der Waals surface area contributed by atoms with Crippen LogP contribution in [0, 0.1) is 20.8 Å². The van der Waals surface area contributed by atoms with Gasteiger partial charge in [0.1, 0.15) is 5.54 Å². The number of hydrogen-bond acceptors (Lipinski definition) is 6. The van der Waals surface area contributed by atoms with Crippen LogP contribution >= 0.6 is 0 Å². The molecular formula is C25H36N2O5. The van der Waals surface area contributed by atoms with Gasteiger partial charge in [-0.05, 0) is 70.6 Å². The number of amides is 1. The quantitative estimate of drug-likeness (QED) is 0.601. The Kier molecular flexibility index (Phi) is 7.30. The molecule has 1 amide bonds. The summed E-state index contributed by atoms with van der Waals surface area (Å²) in [7, 11) is 1.65. The Morgan fingerprint density at radius 2 is 1.72 bits per heavy atom. The van der Waals surface area contributed by atoms with Crippen LogP contribution in [0.25, 0.3) is 5.57 Å². The van der Waals surface area contributed by atoms with E-state index in [1.165, 1.54) is 0 Å². The first-order valence-electron chi connectivity index (χ1n) is 11.5. The Hall–Kier alpha value is -2.38. The van der Waals surface area contributed by atoms with Crippen molar-refractivity contribution < 1.29 is 23.9 Å². The molecule has 1 atom stereocenters. The molecule has 2 aliphatic heterocycles. The molecule has 2 aliphatic rings. The van der Waals surface area contributed by atoms with Crippen molar-refractivity contribution in [1.29, 1.82) is 0 Å². The van der Waals surface area contributed by atoms with E-state index in [0.717, 1.165) is 28.7 Å². The average Bonchev–Trinajstić information content (AvgIpc) is 2.95. The van der Waals surface area contributed by atoms with Crippen LogP contribution in [0.1, 0.15) is 62.3 Å². The van der Waals surface area contributed by atoms with Gasteiger partial charge in [-0.1, -0.05) is 24.6 Å². The van der Waals surface area contributed by atoms with Crippen LogP contribution in [0.5, 0.6) is 0 Å². The summed E-state index contributed by atoms with van der Waals surface area (Å²) in [6, 6.07) is 4.12. The van der Waals surface area contributed by atoms with Crippen molar-refractivity contribution in [3.05, 3.63) is 40.1 Å². The van der Waals surface area contributed by atoms with Crippen LogP contribution in [0.2, 0.25) is 0 Å². The second kappa shape index (κ2) is 9.63. The predicted octanol–water partition coefficient (Wildman–Crippen LogP) is 4.53. The van der Waals surface area contributed by atoms with Crippen molar-refractivity contribution in [2.45, 2.75) is 72.4 Å². The van der Waals surface area contributed by atoms with E-state index in [1.807, 2.05) is 30.7 Å². The molecule has 0 aliphatic carbocycles. The summed E-state index contributed by atoms with van der Waals surface area (Å²) < 4.78 is 11.1. The van der Waals surface area contributed by atoms with Crippen molar-refractivity contribution in [3.63, 3.8) is 0 Å². The van der Waals surface area contributed by atoms with Gasteiger partial charge in [-0.25, -0.2) is 4.79 Å². The van der Waals surface area contributed by atoms with Gasteiger partial charge in [0.15, 0.2) is 5.76 Å². The molecule has 0 saturated carbocycles. The number of benzene rings is 1. The molecule has 32 heavy (non-hydrogen) atoms. The molecule has 176 valence electrons. The predicted molar refractivity (Wildman–Crippen MR) is 123 cm³/mol. The number of carbonyl (C=O) groups excluding carboxylic acids is 2. The monoisotopic (exact) mass is 444 g/mol. The lowest BCUT2D eigenvalue weighted by Crippen LogP contribution is -2.58. The summed E-state index contributed by atoms with van der Waals surface area (Å²) in [5, 5.41) is 1.88. The minimum Gasteiger partial charge on any atom is -0.434 e. The molecule has 2 heterocycles. The fraction of sp³-hybridized carbons (Fsp3) is 0.600. The van der Waals surface area contributed by atoms with Crippen LogP contribution < -0.4 is 0 Å². The molecule has 1 fully saturated rings. The lowest BCUT2D eigenvalue weighted by atomic mass is 9.83. The first-order chi connectivity index (χ1) is 15.2. The molecule has 0 aromatic heterocycles. The van der Waals surface area contributed by atoms with Crippen LogP contribution in [0.15, 0.2) is 17.9 Å². The van der Waals surface area contributed by atoms with E-state index in [9.17, 15) is 9.59 Å². The Morgan fingerprint density at radius 3 is 2.22 bits per heavy atom. The van der Waals surface area contributed by atoms with Crippen molar-refractivity contribution in [1.82, 2.24) is 9.96 Å². The highest BCUT2D eigenvalue weighted by Crippen LogP contribution is 2.49. The summed E-state index contributed by atoms with van der Waals surface area (Å²) in [6.45, 7) is 13.4. The Bertz CT molecular complexity index is 892. The van der Waals surface area contributed by atoms with Gasteiger partial charge in [0.05, 0.1) is 19.3 Å². The standard InChI is InChI=1S/C25H36N2O5/c1-8-19(6)27-23(28)21(20-17(4)14-16(3)15-18(20)5)22(32-24(29)31-9-2)25(27)10-12-26(30-7)13-11-25/h14-15,19H,8-13H2,1-7H3. The minimum atomic E-state index is -0.769. The molecule has 0 radical (unpaired) electrons. The summed E-state index contributed by atoms with van der Waals surface area (Å²) >= 11 is 0. The normalized spacial score (nSPS) is 19.6. The zero-order valence-corrected chi connectivity index (χ0v) is 20.4. The third-order valence-electron chi connectivity index (χ3n) is 6.76. The van der Waals surface area contributed by atoms with Gasteiger partial charge in [-0.3, -0.25) is 4.79 Å². The number of piperidine rings is 1. The number of hydroxylamine groups is 2. The van der Waals surface area contributed by atoms with Crippen LogP contribution in [0.3, 0.4) is 0 Å². The molecule has 1 aromatic rings. The van der Waals surface area contributed by atoms with Gasteiger partial charge in [0.25, 0.3) is 5.91 Å². The van der Waals surface area contributed by atoms with Crippen LogP contribution in [0.4, 0.5) is 4.79 Å². The molecule has 1 spiro atoms. The Morgan fingerprint density at radius 1 is 1.12 bits per heavy atom. The van der Waals surface area contributed by atoms with Gasteiger partial charge in [-0.2, -0.15) is 5.06 Å². The maximum Gasteiger partial charge on any atom is 0.513 e. The number of nitrogens with zero attached hydrogens (tertiary/aromatic N) is 2. The number of carbonyl (C=O) groups is 2. The SMILES string of the molecule is CCOC(=O)OC1=C(c2c(C)cc(C)cc2C)C(=O)N(C(C)CC)C12CCN(OC)CC2. The van der Waals surface area contributed by atoms with Crippen molar-refractivity contribution in [2.24, 2.45) is 0 Å². The molecule has 0 bridgehead atoms. The summed E-state index contributed by atoms with van der Waals surface area (Å²) in [5.41, 5.74) is 3.73. The summed E-state index contributed by atoms with van der Waals surface area (Å²) in [6.07, 6.45) is 1.25. The average molecular weight is 445 g/mol. The van der Waals surface area contributed by atoms with E-state index in [1.54, 1.807) is 14.0 Å². The Labute approximate surface area is 191 Å². The highest BCUT2D eigenvalue weighted by atomic mass is 16.7. The summed E-state index contributed by atoms with van der Waals surface area (Å²) in [4.78, 5) is 34.0. The highest BCUT2D eigenvalue weighted by Gasteiger charge is 2.57. The first kappa shape index (κ1) is 24.3. The van der Waals surface area contributed by atoms with Crippen molar-refractivity contribution >= 4 is 17.6 Å². The van der Waals surface area contributed by atoms with E-state index < -0.39 is 11.7 Å². The van der Waals surface area contributed by atoms with Gasteiger partial charge in [-0.15, -0.1) is 0 Å². The first-order valence-corrected chi connectivity index (χ1v) is 11.5. The van der Waals surface area contributed by atoms with E-state index in [4.69, 9.17) is 14.3 Å². The van der Waals surface area contributed by atoms with Crippen molar-refractivity contribution in [2.75, 3.05) is 26.8 Å². The molecule has 0 N–H and O–H groups in total. The molecular weight excluding hydrogens is 408 g/mol. The van der Waals surface area contributed by atoms with E-state index in [2.05, 4.69) is 26.0 Å². The van der Waals surface area contributed by atoms with Gasteiger partial charge in [0.2, 0.25) is 0 Å². The number of ether oxygens (including phenoxy) is 2. The van der Waals surface area contributed by atoms with Gasteiger partial charge in [0, 0.05) is 19.1 Å². The highest BCUT2D eigenvalue weighted by molar-refractivity contribution is 6.24. The van der Waals surface area contributed by atoms with E-state index in [0.29, 0.717) is 37.3 Å². The third kappa shape index (κ3) is 4.16. The van der Waals surface area contributed by atoms with Crippen molar-refractivity contribution in [3.8, 4) is 0 Å². The number of rotatable bonds is 6. The summed E-state index contributed by atoms with van der Waals surface area (Å²) in [5.74, 6) is 0.339. The topological polar surface area (TPSA) is 68.3 Å². The molecule has 1 aromatic carbocycles. The largest absolute Gasteiger partial charge is 0.513 e. The third-order valence-corrected chi connectivity index (χ3v) is 6.76. The number of aryl methyl sites for hydroxylation is 3. The second-order valence-corrected chi connectivity index (χ2v) is 8.84. The smallest absolute Gasteiger partial charge is 0.434 e. The maximum atomic E-state index is 14.1. The minimum absolute atomic E-state index is 0.0130. The van der Waals surface area contributed by atoms with E-state index in [-0.39, 0.29) is 18.6 Å². The maximum absolute atomic E-state index is 14.1. The molecule has 7 heteroatoms. The number of hydrogen-bond donors (Lipinski definition) is 0.